The standard InChI is InChI=1S/C10H15N3O2/c1-7-6-13(10(15)12-9(7)14)8-3-2-4-11-5-8/h6,8,11H,2-5H2,1H3,(H,12,14,15)/t8-/m0/s1. The Morgan fingerprint density at radius 3 is 2.93 bits per heavy atom. The van der Waals surface area contributed by atoms with Crippen molar-refractivity contribution in [2.75, 3.05) is 13.1 Å². The molecule has 1 aliphatic heterocycles. The smallest absolute Gasteiger partial charge is 0.315 e. The van der Waals surface area contributed by atoms with Crippen LogP contribution < -0.4 is 16.6 Å². The first-order valence-corrected chi connectivity index (χ1v) is 5.21. The quantitative estimate of drug-likeness (QED) is 0.671. The Morgan fingerprint density at radius 1 is 1.47 bits per heavy atom. The van der Waals surface area contributed by atoms with Crippen LogP contribution in [-0.4, -0.2) is 22.6 Å². The Morgan fingerprint density at radius 2 is 2.27 bits per heavy atom. The molecule has 2 N–H and O–H groups in total. The van der Waals surface area contributed by atoms with Gasteiger partial charge >= 0.3 is 5.69 Å². The highest BCUT2D eigenvalue weighted by atomic mass is 16.2. The fourth-order valence-electron chi connectivity index (χ4n) is 1.93. The second-order valence-electron chi connectivity index (χ2n) is 3.98. The number of nitrogens with one attached hydrogen (secondary N) is 2. The van der Waals surface area contributed by atoms with Gasteiger partial charge < -0.3 is 5.32 Å². The van der Waals surface area contributed by atoms with Crippen LogP contribution in [-0.2, 0) is 0 Å². The van der Waals surface area contributed by atoms with Crippen LogP contribution in [0.3, 0.4) is 0 Å². The molecule has 15 heavy (non-hydrogen) atoms. The predicted octanol–water partition coefficient (Wildman–Crippen LogP) is -0.230. The lowest BCUT2D eigenvalue weighted by Crippen LogP contribution is -2.39. The van der Waals surface area contributed by atoms with Crippen molar-refractivity contribution < 1.29 is 0 Å². The highest BCUT2D eigenvalue weighted by molar-refractivity contribution is 5.02. The maximum Gasteiger partial charge on any atom is 0.328 e. The molecule has 5 nitrogen and oxygen atoms in total. The van der Waals surface area contributed by atoms with E-state index >= 15 is 0 Å². The molecule has 2 rings (SSSR count). The molecule has 1 aliphatic rings. The Hall–Kier alpha value is -1.36. The maximum atomic E-state index is 11.6. The number of piperidine rings is 1. The molecule has 1 atom stereocenters. The summed E-state index contributed by atoms with van der Waals surface area (Å²) in [6.07, 6.45) is 3.70. The normalized spacial score (nSPS) is 21.5. The van der Waals surface area contributed by atoms with E-state index in [-0.39, 0.29) is 17.3 Å². The van der Waals surface area contributed by atoms with Gasteiger partial charge in [-0.1, -0.05) is 0 Å². The zero-order chi connectivity index (χ0) is 10.8. The van der Waals surface area contributed by atoms with Crippen LogP contribution in [0, 0.1) is 6.92 Å². The fourth-order valence-corrected chi connectivity index (χ4v) is 1.93. The van der Waals surface area contributed by atoms with E-state index in [4.69, 9.17) is 0 Å². The molecule has 0 aliphatic carbocycles. The van der Waals surface area contributed by atoms with Gasteiger partial charge in [0, 0.05) is 18.3 Å². The minimum absolute atomic E-state index is 0.168. The van der Waals surface area contributed by atoms with E-state index in [9.17, 15) is 9.59 Å². The van der Waals surface area contributed by atoms with E-state index in [2.05, 4.69) is 10.3 Å². The first-order valence-electron chi connectivity index (χ1n) is 5.21. The Kier molecular flexibility index (Phi) is 2.73. The van der Waals surface area contributed by atoms with Crippen LogP contribution in [0.1, 0.15) is 24.4 Å². The number of aromatic nitrogens is 2. The van der Waals surface area contributed by atoms with E-state index in [1.165, 1.54) is 0 Å². The van der Waals surface area contributed by atoms with Gasteiger partial charge in [-0.2, -0.15) is 0 Å². The summed E-state index contributed by atoms with van der Waals surface area (Å²) in [4.78, 5) is 25.1. The van der Waals surface area contributed by atoms with Crippen molar-refractivity contribution in [3.05, 3.63) is 32.6 Å². The lowest BCUT2D eigenvalue weighted by molar-refractivity contribution is 0.359. The SMILES string of the molecule is Cc1cn([C@H]2CCCNC2)c(=O)[nH]c1=O. The van der Waals surface area contributed by atoms with Crippen molar-refractivity contribution in [2.45, 2.75) is 25.8 Å². The van der Waals surface area contributed by atoms with E-state index < -0.39 is 0 Å². The van der Waals surface area contributed by atoms with Crippen molar-refractivity contribution in [2.24, 2.45) is 0 Å². The van der Waals surface area contributed by atoms with Crippen LogP contribution in [0.25, 0.3) is 0 Å². The van der Waals surface area contributed by atoms with Crippen molar-refractivity contribution in [3.8, 4) is 0 Å². The van der Waals surface area contributed by atoms with Gasteiger partial charge in [0.15, 0.2) is 0 Å². The molecular formula is C10H15N3O2. The van der Waals surface area contributed by atoms with Gasteiger partial charge in [-0.3, -0.25) is 14.3 Å². The van der Waals surface area contributed by atoms with Gasteiger partial charge in [-0.05, 0) is 26.3 Å². The number of aryl methyl sites for hydroxylation is 1. The molecular weight excluding hydrogens is 194 g/mol. The van der Waals surface area contributed by atoms with Crippen LogP contribution >= 0.6 is 0 Å². The fraction of sp³-hybridized carbons (Fsp3) is 0.600. The highest BCUT2D eigenvalue weighted by Crippen LogP contribution is 2.13. The van der Waals surface area contributed by atoms with Gasteiger partial charge in [0.1, 0.15) is 0 Å². The van der Waals surface area contributed by atoms with Gasteiger partial charge in [-0.25, -0.2) is 4.79 Å². The van der Waals surface area contributed by atoms with Gasteiger partial charge in [0.2, 0.25) is 0 Å². The number of aromatic amines is 1. The van der Waals surface area contributed by atoms with Crippen LogP contribution in [0.5, 0.6) is 0 Å². The van der Waals surface area contributed by atoms with Crippen LogP contribution in [0.15, 0.2) is 15.8 Å². The molecule has 0 spiro atoms. The molecule has 2 heterocycles. The Balaban J connectivity index is 2.39. The van der Waals surface area contributed by atoms with E-state index in [0.717, 1.165) is 25.9 Å². The van der Waals surface area contributed by atoms with Crippen molar-refractivity contribution >= 4 is 0 Å². The minimum Gasteiger partial charge on any atom is -0.315 e. The van der Waals surface area contributed by atoms with Crippen LogP contribution in [0.4, 0.5) is 0 Å². The molecule has 1 aromatic rings. The summed E-state index contributed by atoms with van der Waals surface area (Å²) in [5.41, 5.74) is -0.0144. The number of nitrogens with zero attached hydrogens (tertiary/aromatic N) is 1. The minimum atomic E-state index is -0.306. The average molecular weight is 209 g/mol. The molecule has 0 saturated carbocycles. The summed E-state index contributed by atoms with van der Waals surface area (Å²) in [6, 6.07) is 0.168. The van der Waals surface area contributed by atoms with Crippen molar-refractivity contribution in [3.63, 3.8) is 0 Å². The molecule has 1 aromatic heterocycles. The van der Waals surface area contributed by atoms with Crippen molar-refractivity contribution in [1.82, 2.24) is 14.9 Å². The molecule has 1 saturated heterocycles. The lowest BCUT2D eigenvalue weighted by Gasteiger charge is -2.24. The Labute approximate surface area is 87.1 Å². The summed E-state index contributed by atoms with van der Waals surface area (Å²) >= 11 is 0. The topological polar surface area (TPSA) is 66.9 Å². The summed E-state index contributed by atoms with van der Waals surface area (Å²) in [5.74, 6) is 0. The van der Waals surface area contributed by atoms with Gasteiger partial charge in [0.05, 0.1) is 6.04 Å². The molecule has 0 bridgehead atoms. The van der Waals surface area contributed by atoms with E-state index in [1.807, 2.05) is 0 Å². The summed E-state index contributed by atoms with van der Waals surface area (Å²) in [5, 5.41) is 3.24. The monoisotopic (exact) mass is 209 g/mol. The molecule has 0 aromatic carbocycles. The predicted molar refractivity (Wildman–Crippen MR) is 57.2 cm³/mol. The first-order chi connectivity index (χ1) is 7.18. The number of rotatable bonds is 1. The molecule has 0 unspecified atom stereocenters. The average Bonchev–Trinajstić information content (AvgIpc) is 2.25. The second kappa shape index (κ2) is 4.02. The number of H-pyrrole nitrogens is 1. The largest absolute Gasteiger partial charge is 0.328 e. The van der Waals surface area contributed by atoms with Crippen molar-refractivity contribution in [1.29, 1.82) is 0 Å². The summed E-state index contributed by atoms with van der Waals surface area (Å²) in [6.45, 7) is 3.52. The molecule has 82 valence electrons. The number of hydrogen-bond donors (Lipinski definition) is 2. The highest BCUT2D eigenvalue weighted by Gasteiger charge is 2.16. The van der Waals surface area contributed by atoms with E-state index in [1.54, 1.807) is 17.7 Å². The molecule has 0 radical (unpaired) electrons. The third kappa shape index (κ3) is 2.02. The molecule has 1 fully saturated rings. The second-order valence-corrected chi connectivity index (χ2v) is 3.98. The first kappa shape index (κ1) is 10.2. The van der Waals surface area contributed by atoms with E-state index in [0.29, 0.717) is 5.56 Å². The number of hydrogen-bond acceptors (Lipinski definition) is 3. The zero-order valence-electron chi connectivity index (χ0n) is 8.75. The van der Waals surface area contributed by atoms with Crippen LogP contribution in [0.2, 0.25) is 0 Å². The maximum absolute atomic E-state index is 11.6. The van der Waals surface area contributed by atoms with Gasteiger partial charge in [0.25, 0.3) is 5.56 Å². The third-order valence-corrected chi connectivity index (χ3v) is 2.81. The zero-order valence-corrected chi connectivity index (χ0v) is 8.75. The third-order valence-electron chi connectivity index (χ3n) is 2.81. The Bertz CT molecular complexity index is 454. The van der Waals surface area contributed by atoms with Gasteiger partial charge in [-0.15, -0.1) is 0 Å². The lowest BCUT2D eigenvalue weighted by atomic mass is 10.1. The summed E-state index contributed by atoms with van der Waals surface area (Å²) in [7, 11) is 0. The molecule has 0 amide bonds. The molecule has 5 heteroatoms. The summed E-state index contributed by atoms with van der Waals surface area (Å²) < 4.78 is 1.63.